The van der Waals surface area contributed by atoms with E-state index in [1.54, 1.807) is 45.2 Å². The van der Waals surface area contributed by atoms with Crippen molar-refractivity contribution in [1.82, 2.24) is 4.57 Å². The summed E-state index contributed by atoms with van der Waals surface area (Å²) in [7, 11) is 0. The fraction of sp³-hybridized carbons (Fsp3) is 0.269. The van der Waals surface area contributed by atoms with Crippen molar-refractivity contribution in [2.24, 2.45) is 5.73 Å². The van der Waals surface area contributed by atoms with Crippen LogP contribution in [-0.4, -0.2) is 28.2 Å². The van der Waals surface area contributed by atoms with Crippen LogP contribution in [0.25, 0.3) is 21.9 Å². The Morgan fingerprint density at radius 2 is 1.85 bits per heavy atom. The third kappa shape index (κ3) is 4.87. The van der Waals surface area contributed by atoms with E-state index in [1.807, 2.05) is 31.2 Å². The van der Waals surface area contributed by atoms with E-state index in [-0.39, 0.29) is 6.42 Å². The quantitative estimate of drug-likeness (QED) is 0.437. The lowest BCUT2D eigenvalue weighted by Gasteiger charge is -2.19. The predicted molar refractivity (Wildman–Crippen MR) is 131 cm³/mol. The average molecular weight is 462 g/mol. The molecule has 3 N–H and O–H groups in total. The van der Waals surface area contributed by atoms with Crippen molar-refractivity contribution in [1.29, 1.82) is 0 Å². The molecule has 0 unspecified atom stereocenters. The molecule has 0 bridgehead atoms. The standard InChI is InChI=1S/C26H27N3O5/c1-15-11-23(30)33-22-13-17(9-10-18(15)22)28-24(31)20(27)12-16-14-29(25(32)34-26(2,3)4)21-8-6-5-7-19(16)21/h5-11,13-14,20H,12,27H2,1-4H3,(H,28,31)/t20-/m0/s1. The van der Waals surface area contributed by atoms with E-state index < -0.39 is 29.3 Å². The minimum atomic E-state index is -0.877. The molecule has 2 heterocycles. The number of fused-ring (bicyclic) bond motifs is 2. The summed E-state index contributed by atoms with van der Waals surface area (Å²) in [5.74, 6) is -0.400. The van der Waals surface area contributed by atoms with Crippen molar-refractivity contribution >= 4 is 39.6 Å². The lowest BCUT2D eigenvalue weighted by Crippen LogP contribution is -2.37. The summed E-state index contributed by atoms with van der Waals surface area (Å²) in [6, 6.07) is 13.0. The molecule has 8 heteroatoms. The molecule has 0 saturated heterocycles. The van der Waals surface area contributed by atoms with Crippen LogP contribution in [0.2, 0.25) is 0 Å². The molecule has 0 saturated carbocycles. The van der Waals surface area contributed by atoms with Gasteiger partial charge in [-0.05, 0) is 63.4 Å². The highest BCUT2D eigenvalue weighted by Crippen LogP contribution is 2.25. The van der Waals surface area contributed by atoms with Gasteiger partial charge in [0.1, 0.15) is 11.2 Å². The lowest BCUT2D eigenvalue weighted by molar-refractivity contribution is -0.117. The number of nitrogens with two attached hydrogens (primary N) is 1. The Labute approximate surface area is 196 Å². The molecular weight excluding hydrogens is 434 g/mol. The third-order valence-corrected chi connectivity index (χ3v) is 5.38. The van der Waals surface area contributed by atoms with Crippen LogP contribution in [0.3, 0.4) is 0 Å². The van der Waals surface area contributed by atoms with E-state index in [4.69, 9.17) is 14.9 Å². The summed E-state index contributed by atoms with van der Waals surface area (Å²) in [5, 5.41) is 4.39. The minimum Gasteiger partial charge on any atom is -0.443 e. The Balaban J connectivity index is 1.55. The molecule has 4 rings (SSSR count). The van der Waals surface area contributed by atoms with Crippen LogP contribution in [0.4, 0.5) is 10.5 Å². The van der Waals surface area contributed by atoms with Crippen LogP contribution in [0.5, 0.6) is 0 Å². The molecule has 2 aromatic heterocycles. The fourth-order valence-electron chi connectivity index (χ4n) is 3.84. The van der Waals surface area contributed by atoms with Crippen molar-refractivity contribution in [2.45, 2.75) is 45.8 Å². The maximum atomic E-state index is 12.8. The van der Waals surface area contributed by atoms with Crippen LogP contribution >= 0.6 is 0 Å². The SMILES string of the molecule is Cc1cc(=O)oc2cc(NC(=O)[C@@H](N)Cc3cn(C(=O)OC(C)(C)C)c4ccccc34)ccc12. The second-order valence-electron chi connectivity index (χ2n) is 9.28. The van der Waals surface area contributed by atoms with E-state index in [0.29, 0.717) is 16.8 Å². The Hall–Kier alpha value is -3.91. The summed E-state index contributed by atoms with van der Waals surface area (Å²) in [6.45, 7) is 7.23. The zero-order valence-corrected chi connectivity index (χ0v) is 19.5. The molecule has 0 radical (unpaired) electrons. The molecule has 176 valence electrons. The number of rotatable bonds is 4. The largest absolute Gasteiger partial charge is 0.443 e. The number of anilines is 1. The molecule has 34 heavy (non-hydrogen) atoms. The number of carbonyl (C=O) groups excluding carboxylic acids is 2. The van der Waals surface area contributed by atoms with Crippen molar-refractivity contribution in [3.05, 3.63) is 76.3 Å². The Kier molecular flexibility index (Phi) is 6.01. The molecule has 1 amide bonds. The number of aryl methyl sites for hydroxylation is 1. The molecule has 0 aliphatic rings. The molecule has 2 aromatic carbocycles. The fourth-order valence-corrected chi connectivity index (χ4v) is 3.84. The van der Waals surface area contributed by atoms with Gasteiger partial charge in [0, 0.05) is 34.8 Å². The van der Waals surface area contributed by atoms with Gasteiger partial charge < -0.3 is 20.2 Å². The first-order valence-electron chi connectivity index (χ1n) is 10.9. The van der Waals surface area contributed by atoms with E-state index in [9.17, 15) is 14.4 Å². The summed E-state index contributed by atoms with van der Waals surface area (Å²) < 4.78 is 12.2. The van der Waals surface area contributed by atoms with Gasteiger partial charge in [-0.25, -0.2) is 9.59 Å². The molecule has 0 aliphatic carbocycles. The summed E-state index contributed by atoms with van der Waals surface area (Å²) in [5.41, 5.74) is 8.21. The van der Waals surface area contributed by atoms with E-state index >= 15 is 0 Å². The number of aromatic nitrogens is 1. The van der Waals surface area contributed by atoms with Crippen molar-refractivity contribution in [3.8, 4) is 0 Å². The molecule has 0 aliphatic heterocycles. The van der Waals surface area contributed by atoms with Gasteiger partial charge in [-0.15, -0.1) is 0 Å². The van der Waals surface area contributed by atoms with Crippen LogP contribution < -0.4 is 16.7 Å². The highest BCUT2D eigenvalue weighted by Gasteiger charge is 2.23. The van der Waals surface area contributed by atoms with Crippen LogP contribution in [0, 0.1) is 6.92 Å². The van der Waals surface area contributed by atoms with Gasteiger partial charge in [-0.2, -0.15) is 0 Å². The minimum absolute atomic E-state index is 0.212. The van der Waals surface area contributed by atoms with Gasteiger partial charge in [0.2, 0.25) is 5.91 Å². The van der Waals surface area contributed by atoms with Gasteiger partial charge in [-0.1, -0.05) is 18.2 Å². The summed E-state index contributed by atoms with van der Waals surface area (Å²) in [6.07, 6.45) is 1.38. The Morgan fingerprint density at radius 3 is 2.59 bits per heavy atom. The normalized spacial score (nSPS) is 12.6. The topological polar surface area (TPSA) is 117 Å². The Morgan fingerprint density at radius 1 is 1.12 bits per heavy atom. The number of hydrogen-bond acceptors (Lipinski definition) is 6. The number of amides is 1. The van der Waals surface area contributed by atoms with Crippen LogP contribution in [-0.2, 0) is 16.0 Å². The molecular formula is C26H27N3O5. The molecule has 1 atom stereocenters. The zero-order chi connectivity index (χ0) is 24.6. The molecule has 0 fully saturated rings. The van der Waals surface area contributed by atoms with Gasteiger partial charge in [0.15, 0.2) is 0 Å². The number of benzene rings is 2. The van der Waals surface area contributed by atoms with E-state index in [2.05, 4.69) is 5.32 Å². The van der Waals surface area contributed by atoms with Gasteiger partial charge in [0.05, 0.1) is 11.6 Å². The first-order valence-corrected chi connectivity index (χ1v) is 10.9. The van der Waals surface area contributed by atoms with Crippen LogP contribution in [0.15, 0.2) is 63.9 Å². The molecule has 8 nitrogen and oxygen atoms in total. The first kappa shape index (κ1) is 23.3. The van der Waals surface area contributed by atoms with Crippen LogP contribution in [0.1, 0.15) is 31.9 Å². The number of nitrogens with zero attached hydrogens (tertiary/aromatic N) is 1. The average Bonchev–Trinajstić information content (AvgIpc) is 3.11. The van der Waals surface area contributed by atoms with Crippen molar-refractivity contribution in [2.75, 3.05) is 5.32 Å². The van der Waals surface area contributed by atoms with E-state index in [0.717, 1.165) is 21.9 Å². The highest BCUT2D eigenvalue weighted by molar-refractivity contribution is 5.98. The lowest BCUT2D eigenvalue weighted by atomic mass is 10.0. The predicted octanol–water partition coefficient (Wildman–Crippen LogP) is 4.35. The van der Waals surface area contributed by atoms with Gasteiger partial charge in [0.25, 0.3) is 0 Å². The highest BCUT2D eigenvalue weighted by atomic mass is 16.6. The van der Waals surface area contributed by atoms with Gasteiger partial charge in [-0.3, -0.25) is 9.36 Å². The second-order valence-corrected chi connectivity index (χ2v) is 9.28. The number of carbonyl (C=O) groups is 2. The summed E-state index contributed by atoms with van der Waals surface area (Å²) in [4.78, 5) is 37.2. The maximum Gasteiger partial charge on any atom is 0.419 e. The first-order chi connectivity index (χ1) is 16.0. The molecule has 4 aromatic rings. The maximum absolute atomic E-state index is 12.8. The number of hydrogen-bond donors (Lipinski definition) is 2. The monoisotopic (exact) mass is 461 g/mol. The van der Waals surface area contributed by atoms with Gasteiger partial charge >= 0.3 is 11.7 Å². The smallest absolute Gasteiger partial charge is 0.419 e. The number of para-hydroxylation sites is 1. The Bertz CT molecular complexity index is 1460. The molecule has 0 spiro atoms. The zero-order valence-electron chi connectivity index (χ0n) is 19.5. The van der Waals surface area contributed by atoms with Crippen molar-refractivity contribution < 1.29 is 18.7 Å². The van der Waals surface area contributed by atoms with E-state index in [1.165, 1.54) is 10.6 Å². The third-order valence-electron chi connectivity index (χ3n) is 5.38. The van der Waals surface area contributed by atoms with Crippen molar-refractivity contribution in [3.63, 3.8) is 0 Å². The second kappa shape index (κ2) is 8.79. The summed E-state index contributed by atoms with van der Waals surface area (Å²) >= 11 is 0. The number of ether oxygens (including phenoxy) is 1. The number of nitrogens with one attached hydrogen (secondary N) is 1.